The van der Waals surface area contributed by atoms with Crippen LogP contribution in [0.25, 0.3) is 0 Å². The van der Waals surface area contributed by atoms with Gasteiger partial charge in [0, 0.05) is 0 Å². The fourth-order valence-corrected chi connectivity index (χ4v) is 1.08. The summed E-state index contributed by atoms with van der Waals surface area (Å²) >= 11 is 0. The molecule has 0 saturated carbocycles. The predicted molar refractivity (Wildman–Crippen MR) is 49.7 cm³/mol. The smallest absolute Gasteiger partial charge is 0.314 e. The number of esters is 1. The van der Waals surface area contributed by atoms with E-state index in [1.165, 1.54) is 0 Å². The molecule has 4 nitrogen and oxygen atoms in total. The second kappa shape index (κ2) is 5.24. The number of hydrogen-bond donors (Lipinski definition) is 0. The third-order valence-electron chi connectivity index (χ3n) is 2.37. The number of ether oxygens (including phenoxy) is 1. The lowest BCUT2D eigenvalue weighted by atomic mass is 9.76. The first-order valence-corrected chi connectivity index (χ1v) is 4.53. The molecule has 0 fully saturated rings. The van der Waals surface area contributed by atoms with Crippen LogP contribution in [0.2, 0.25) is 0 Å². The van der Waals surface area contributed by atoms with Gasteiger partial charge in [-0.1, -0.05) is 6.92 Å². The predicted octanol–water partition coefficient (Wildman–Crippen LogP) is 1.63. The molecule has 0 radical (unpaired) electrons. The van der Waals surface area contributed by atoms with Gasteiger partial charge in [-0.25, -0.2) is 0 Å². The van der Waals surface area contributed by atoms with Gasteiger partial charge in [-0.15, -0.1) is 0 Å². The molecule has 0 aliphatic heterocycles. The highest BCUT2D eigenvalue weighted by Gasteiger charge is 2.41. The van der Waals surface area contributed by atoms with Crippen LogP contribution in [0, 0.1) is 34.0 Å². The average molecular weight is 194 g/mol. The molecule has 0 aliphatic carbocycles. The third kappa shape index (κ3) is 2.23. The van der Waals surface area contributed by atoms with Crippen LogP contribution in [0.5, 0.6) is 0 Å². The number of hydrogen-bond acceptors (Lipinski definition) is 4. The summed E-state index contributed by atoms with van der Waals surface area (Å²) in [5, 5.41) is 17.5. The largest absolute Gasteiger partial charge is 0.466 e. The zero-order valence-electron chi connectivity index (χ0n) is 8.70. The van der Waals surface area contributed by atoms with Crippen molar-refractivity contribution in [1.82, 2.24) is 0 Å². The molecule has 0 rings (SSSR count). The van der Waals surface area contributed by atoms with E-state index in [-0.39, 0.29) is 6.61 Å². The number of nitrogens with zero attached hydrogens (tertiary/aromatic N) is 2. The molecule has 0 bridgehead atoms. The van der Waals surface area contributed by atoms with Crippen molar-refractivity contribution in [3.05, 3.63) is 0 Å². The maximum Gasteiger partial charge on any atom is 0.314 e. The first kappa shape index (κ1) is 12.4. The van der Waals surface area contributed by atoms with Crippen LogP contribution in [0.15, 0.2) is 0 Å². The van der Waals surface area contributed by atoms with E-state index in [0.29, 0.717) is 6.42 Å². The van der Waals surface area contributed by atoms with Crippen molar-refractivity contribution in [1.29, 1.82) is 10.5 Å². The molecule has 0 aromatic heterocycles. The highest BCUT2D eigenvalue weighted by Crippen LogP contribution is 2.32. The van der Waals surface area contributed by atoms with Gasteiger partial charge in [0.25, 0.3) is 0 Å². The van der Waals surface area contributed by atoms with Crippen molar-refractivity contribution < 1.29 is 9.53 Å². The standard InChI is InChI=1S/C10H14N2O2/c1-4-10(3,8(6-11)7-12)9(13)14-5-2/h8H,4-5H2,1-3H3/t10-/m1/s1. The Hall–Kier alpha value is -1.55. The minimum atomic E-state index is -1.01. The molecule has 0 N–H and O–H groups in total. The van der Waals surface area contributed by atoms with Crippen molar-refractivity contribution >= 4 is 5.97 Å². The van der Waals surface area contributed by atoms with Gasteiger partial charge >= 0.3 is 5.97 Å². The fourth-order valence-electron chi connectivity index (χ4n) is 1.08. The van der Waals surface area contributed by atoms with E-state index < -0.39 is 17.3 Å². The Morgan fingerprint density at radius 2 is 1.93 bits per heavy atom. The molecule has 0 aromatic carbocycles. The van der Waals surface area contributed by atoms with E-state index >= 15 is 0 Å². The number of carbonyl (C=O) groups is 1. The Balaban J connectivity index is 4.90. The maximum absolute atomic E-state index is 11.5. The normalized spacial score (nSPS) is 13.9. The van der Waals surface area contributed by atoms with E-state index in [1.807, 2.05) is 12.1 Å². The summed E-state index contributed by atoms with van der Waals surface area (Å²) in [6.45, 7) is 5.31. The molecule has 0 aromatic rings. The van der Waals surface area contributed by atoms with Crippen LogP contribution in [-0.4, -0.2) is 12.6 Å². The van der Waals surface area contributed by atoms with E-state index in [4.69, 9.17) is 15.3 Å². The summed E-state index contributed by atoms with van der Waals surface area (Å²) in [6.07, 6.45) is 0.414. The minimum absolute atomic E-state index is 0.262. The number of rotatable bonds is 4. The molecule has 76 valence electrons. The van der Waals surface area contributed by atoms with E-state index in [1.54, 1.807) is 20.8 Å². The second-order valence-corrected chi connectivity index (χ2v) is 3.18. The van der Waals surface area contributed by atoms with Gasteiger partial charge in [0.2, 0.25) is 0 Å². The van der Waals surface area contributed by atoms with Crippen LogP contribution in [0.4, 0.5) is 0 Å². The third-order valence-corrected chi connectivity index (χ3v) is 2.37. The van der Waals surface area contributed by atoms with Crippen LogP contribution >= 0.6 is 0 Å². The van der Waals surface area contributed by atoms with Crippen molar-refractivity contribution in [2.24, 2.45) is 11.3 Å². The summed E-state index contributed by atoms with van der Waals surface area (Å²) in [6, 6.07) is 3.64. The first-order valence-electron chi connectivity index (χ1n) is 4.53. The summed E-state index contributed by atoms with van der Waals surface area (Å²) in [5.74, 6) is -1.43. The summed E-state index contributed by atoms with van der Waals surface area (Å²) in [4.78, 5) is 11.5. The Labute approximate surface area is 84.1 Å². The highest BCUT2D eigenvalue weighted by molar-refractivity contribution is 5.77. The summed E-state index contributed by atoms with van der Waals surface area (Å²) < 4.78 is 4.84. The highest BCUT2D eigenvalue weighted by atomic mass is 16.5. The van der Waals surface area contributed by atoms with Gasteiger partial charge in [-0.2, -0.15) is 10.5 Å². The van der Waals surface area contributed by atoms with Crippen molar-refractivity contribution in [3.8, 4) is 12.1 Å². The molecule has 4 heteroatoms. The topological polar surface area (TPSA) is 73.9 Å². The zero-order valence-corrected chi connectivity index (χ0v) is 8.70. The lowest BCUT2D eigenvalue weighted by Crippen LogP contribution is -2.35. The van der Waals surface area contributed by atoms with Crippen molar-refractivity contribution in [2.45, 2.75) is 27.2 Å². The minimum Gasteiger partial charge on any atom is -0.466 e. The van der Waals surface area contributed by atoms with E-state index in [9.17, 15) is 4.79 Å². The molecule has 0 heterocycles. The van der Waals surface area contributed by atoms with Crippen molar-refractivity contribution in [3.63, 3.8) is 0 Å². The Morgan fingerprint density at radius 3 is 2.21 bits per heavy atom. The summed E-state index contributed by atoms with van der Waals surface area (Å²) in [7, 11) is 0. The number of carbonyl (C=O) groups excluding carboxylic acids is 1. The van der Waals surface area contributed by atoms with Gasteiger partial charge in [0.15, 0.2) is 0 Å². The van der Waals surface area contributed by atoms with E-state index in [2.05, 4.69) is 0 Å². The Bertz CT molecular complexity index is 273. The molecule has 0 spiro atoms. The molecule has 0 saturated heterocycles. The summed E-state index contributed by atoms with van der Waals surface area (Å²) in [5.41, 5.74) is -1.01. The van der Waals surface area contributed by atoms with Crippen LogP contribution in [0.1, 0.15) is 27.2 Å². The van der Waals surface area contributed by atoms with Gasteiger partial charge in [-0.3, -0.25) is 4.79 Å². The lowest BCUT2D eigenvalue weighted by molar-refractivity contribution is -0.155. The van der Waals surface area contributed by atoms with Crippen LogP contribution in [0.3, 0.4) is 0 Å². The molecule has 0 aliphatic rings. The second-order valence-electron chi connectivity index (χ2n) is 3.18. The van der Waals surface area contributed by atoms with Gasteiger partial charge < -0.3 is 4.74 Å². The van der Waals surface area contributed by atoms with Gasteiger partial charge in [0.1, 0.15) is 5.92 Å². The van der Waals surface area contributed by atoms with E-state index in [0.717, 1.165) is 0 Å². The first-order chi connectivity index (χ1) is 6.56. The fraction of sp³-hybridized carbons (Fsp3) is 0.700. The molecule has 14 heavy (non-hydrogen) atoms. The molecular weight excluding hydrogens is 180 g/mol. The molecule has 0 unspecified atom stereocenters. The lowest BCUT2D eigenvalue weighted by Gasteiger charge is -2.25. The van der Waals surface area contributed by atoms with Crippen LogP contribution < -0.4 is 0 Å². The Kier molecular flexibility index (Phi) is 4.66. The zero-order chi connectivity index (χ0) is 11.2. The maximum atomic E-state index is 11.5. The van der Waals surface area contributed by atoms with Crippen molar-refractivity contribution in [2.75, 3.05) is 6.61 Å². The van der Waals surface area contributed by atoms with Gasteiger partial charge in [-0.05, 0) is 20.3 Å². The monoisotopic (exact) mass is 194 g/mol. The SMILES string of the molecule is CCOC(=O)[C@](C)(CC)C(C#N)C#N. The molecule has 0 amide bonds. The molecular formula is C10H14N2O2. The molecule has 1 atom stereocenters. The van der Waals surface area contributed by atoms with Gasteiger partial charge in [0.05, 0.1) is 24.2 Å². The average Bonchev–Trinajstić information content (AvgIpc) is 2.19. The number of nitriles is 2. The van der Waals surface area contributed by atoms with Crippen LogP contribution in [-0.2, 0) is 9.53 Å². The Morgan fingerprint density at radius 1 is 1.43 bits per heavy atom. The quantitative estimate of drug-likeness (QED) is 0.637.